The Kier molecular flexibility index (Phi) is 14.1. The number of rotatable bonds is 9. The Balaban J connectivity index is 0.000000371. The van der Waals surface area contributed by atoms with Crippen molar-refractivity contribution in [1.29, 1.82) is 0 Å². The molecule has 37 heavy (non-hydrogen) atoms. The normalized spacial score (nSPS) is 27.7. The molecule has 0 radical (unpaired) electrons. The van der Waals surface area contributed by atoms with Crippen molar-refractivity contribution in [3.63, 3.8) is 0 Å². The van der Waals surface area contributed by atoms with E-state index in [-0.39, 0.29) is 43.9 Å². The van der Waals surface area contributed by atoms with Crippen molar-refractivity contribution in [3.05, 3.63) is 0 Å². The van der Waals surface area contributed by atoms with Crippen LogP contribution in [0.5, 0.6) is 0 Å². The van der Waals surface area contributed by atoms with Crippen LogP contribution in [0, 0.1) is 0 Å². The zero-order valence-corrected chi connectivity index (χ0v) is 24.1. The van der Waals surface area contributed by atoms with Gasteiger partial charge in [0.15, 0.2) is 0 Å². The van der Waals surface area contributed by atoms with Crippen LogP contribution in [0.4, 0.5) is 9.59 Å². The van der Waals surface area contributed by atoms with E-state index in [0.717, 1.165) is 12.8 Å². The second-order valence-electron chi connectivity index (χ2n) is 11.4. The van der Waals surface area contributed by atoms with E-state index in [4.69, 9.17) is 34.2 Å². The van der Waals surface area contributed by atoms with E-state index >= 15 is 0 Å². The van der Waals surface area contributed by atoms with Gasteiger partial charge >= 0.3 is 12.2 Å². The van der Waals surface area contributed by atoms with Crippen LogP contribution in [-0.4, -0.2) is 94.6 Å². The summed E-state index contributed by atoms with van der Waals surface area (Å²) in [5.41, 5.74) is 4.88. The molecule has 0 aromatic rings. The summed E-state index contributed by atoms with van der Waals surface area (Å²) >= 11 is 0. The molecule has 218 valence electrons. The van der Waals surface area contributed by atoms with Gasteiger partial charge in [-0.1, -0.05) is 0 Å². The minimum atomic E-state index is -0.506. The van der Waals surface area contributed by atoms with Gasteiger partial charge in [-0.15, -0.1) is 0 Å². The lowest BCUT2D eigenvalue weighted by Gasteiger charge is -2.24. The van der Waals surface area contributed by atoms with Crippen molar-refractivity contribution in [2.45, 2.75) is 115 Å². The number of ether oxygens (including phenoxy) is 6. The fraction of sp³-hybridized carbons (Fsp3) is 0.920. The van der Waals surface area contributed by atoms with E-state index in [0.29, 0.717) is 18.9 Å². The molecule has 2 fully saturated rings. The fourth-order valence-corrected chi connectivity index (χ4v) is 4.17. The maximum absolute atomic E-state index is 11.8. The SMILES string of the molecule is CN[C@H]1C[C@@H](NC(=O)OC(C)(C)C)[C@H](OCOC)C1.COCO[C@@H]1C[C@@H](N)C[C@H]1NC(=O)OC(C)(C)C. The molecule has 2 aliphatic carbocycles. The standard InChI is InChI=1S/C13H26N2O4.C12H24N2O4/c1-13(2,3)19-12(16)15-10-6-9(14-4)7-11(10)18-8-17-5;1-12(2,3)18-11(15)14-9-5-8(13)6-10(9)17-7-16-4/h9-11,14H,6-8H2,1-5H3,(H,15,16);8-10H,5-7,13H2,1-4H3,(H,14,15)/t9-,10+,11+;8-,9+,10+/m00/s1. The van der Waals surface area contributed by atoms with Gasteiger partial charge in [0, 0.05) is 26.3 Å². The number of methoxy groups -OCH3 is 2. The van der Waals surface area contributed by atoms with E-state index in [1.54, 1.807) is 14.2 Å². The molecular weight excluding hydrogens is 484 g/mol. The molecule has 0 aliphatic heterocycles. The van der Waals surface area contributed by atoms with Gasteiger partial charge in [-0.3, -0.25) is 0 Å². The number of nitrogens with one attached hydrogen (secondary N) is 3. The Morgan fingerprint density at radius 2 is 1.19 bits per heavy atom. The molecule has 2 aliphatic rings. The molecule has 5 N–H and O–H groups in total. The van der Waals surface area contributed by atoms with Crippen molar-refractivity contribution in [1.82, 2.24) is 16.0 Å². The second-order valence-corrected chi connectivity index (χ2v) is 11.4. The molecule has 0 unspecified atom stereocenters. The predicted molar refractivity (Wildman–Crippen MR) is 139 cm³/mol. The third-order valence-electron chi connectivity index (χ3n) is 5.66. The van der Waals surface area contributed by atoms with Crippen LogP contribution in [-0.2, 0) is 28.4 Å². The molecule has 12 nitrogen and oxygen atoms in total. The summed E-state index contributed by atoms with van der Waals surface area (Å²) in [7, 11) is 5.06. The van der Waals surface area contributed by atoms with E-state index in [2.05, 4.69) is 16.0 Å². The van der Waals surface area contributed by atoms with Gasteiger partial charge in [0.05, 0.1) is 24.3 Å². The maximum atomic E-state index is 11.8. The summed E-state index contributed by atoms with van der Waals surface area (Å²) in [6.07, 6.45) is 2.06. The van der Waals surface area contributed by atoms with Gasteiger partial charge in [0.25, 0.3) is 0 Å². The molecule has 0 aromatic carbocycles. The van der Waals surface area contributed by atoms with Crippen LogP contribution >= 0.6 is 0 Å². The van der Waals surface area contributed by atoms with Gasteiger partial charge in [0.2, 0.25) is 0 Å². The molecule has 2 amide bonds. The number of hydrogen-bond donors (Lipinski definition) is 4. The second kappa shape index (κ2) is 15.6. The first kappa shape index (κ1) is 33.3. The molecule has 0 bridgehead atoms. The minimum Gasteiger partial charge on any atom is -0.444 e. The van der Waals surface area contributed by atoms with Gasteiger partial charge in [-0.2, -0.15) is 0 Å². The molecule has 0 heterocycles. The average molecular weight is 535 g/mol. The van der Waals surface area contributed by atoms with Gasteiger partial charge < -0.3 is 50.1 Å². The third kappa shape index (κ3) is 14.1. The van der Waals surface area contributed by atoms with Crippen LogP contribution < -0.4 is 21.7 Å². The van der Waals surface area contributed by atoms with Gasteiger partial charge in [-0.25, -0.2) is 9.59 Å². The predicted octanol–water partition coefficient (Wildman–Crippen LogP) is 2.24. The average Bonchev–Trinajstić information content (AvgIpc) is 3.30. The zero-order valence-electron chi connectivity index (χ0n) is 24.1. The summed E-state index contributed by atoms with van der Waals surface area (Å²) in [5, 5.41) is 8.89. The number of alkyl carbamates (subject to hydrolysis) is 2. The zero-order chi connectivity index (χ0) is 28.2. The van der Waals surface area contributed by atoms with Crippen molar-refractivity contribution in [3.8, 4) is 0 Å². The molecule has 6 atom stereocenters. The lowest BCUT2D eigenvalue weighted by Crippen LogP contribution is -2.44. The van der Waals surface area contributed by atoms with Crippen LogP contribution in [0.15, 0.2) is 0 Å². The number of carbonyl (C=O) groups excluding carboxylic acids is 2. The number of carbonyl (C=O) groups is 2. The summed E-state index contributed by atoms with van der Waals surface area (Å²) in [6, 6.07) is 0.195. The van der Waals surface area contributed by atoms with Gasteiger partial charge in [-0.05, 0) is 74.3 Å². The van der Waals surface area contributed by atoms with E-state index in [1.165, 1.54) is 0 Å². The lowest BCUT2D eigenvalue weighted by atomic mass is 10.2. The Morgan fingerprint density at radius 3 is 1.59 bits per heavy atom. The van der Waals surface area contributed by atoms with Crippen LogP contribution in [0.1, 0.15) is 67.2 Å². The monoisotopic (exact) mass is 534 g/mol. The van der Waals surface area contributed by atoms with E-state index in [9.17, 15) is 9.59 Å². The van der Waals surface area contributed by atoms with Crippen molar-refractivity contribution >= 4 is 12.2 Å². The van der Waals surface area contributed by atoms with E-state index in [1.807, 2.05) is 48.6 Å². The van der Waals surface area contributed by atoms with Crippen LogP contribution in [0.2, 0.25) is 0 Å². The number of nitrogens with two attached hydrogens (primary N) is 1. The number of hydrogen-bond acceptors (Lipinski definition) is 10. The Bertz CT molecular complexity index is 683. The minimum absolute atomic E-state index is 0.0341. The highest BCUT2D eigenvalue weighted by atomic mass is 16.7. The number of amides is 2. The largest absolute Gasteiger partial charge is 0.444 e. The summed E-state index contributed by atoms with van der Waals surface area (Å²) in [4.78, 5) is 23.5. The smallest absolute Gasteiger partial charge is 0.407 e. The fourth-order valence-electron chi connectivity index (χ4n) is 4.17. The van der Waals surface area contributed by atoms with Crippen LogP contribution in [0.3, 0.4) is 0 Å². The maximum Gasteiger partial charge on any atom is 0.407 e. The first-order chi connectivity index (χ1) is 17.2. The highest BCUT2D eigenvalue weighted by molar-refractivity contribution is 5.68. The summed E-state index contributed by atoms with van der Waals surface area (Å²) < 4.78 is 31.3. The van der Waals surface area contributed by atoms with Crippen LogP contribution in [0.25, 0.3) is 0 Å². The molecule has 2 rings (SSSR count). The summed E-state index contributed by atoms with van der Waals surface area (Å²) in [6.45, 7) is 11.4. The molecule has 2 saturated carbocycles. The molecule has 0 spiro atoms. The first-order valence-electron chi connectivity index (χ1n) is 12.8. The molecule has 0 saturated heterocycles. The highest BCUT2D eigenvalue weighted by Gasteiger charge is 2.37. The van der Waals surface area contributed by atoms with Crippen molar-refractivity contribution in [2.75, 3.05) is 34.9 Å². The third-order valence-corrected chi connectivity index (χ3v) is 5.66. The molecule has 0 aromatic heterocycles. The highest BCUT2D eigenvalue weighted by Crippen LogP contribution is 2.24. The molecular formula is C25H50N4O8. The lowest BCUT2D eigenvalue weighted by molar-refractivity contribution is -0.0773. The first-order valence-corrected chi connectivity index (χ1v) is 12.8. The topological polar surface area (TPSA) is 152 Å². The van der Waals surface area contributed by atoms with Crippen molar-refractivity contribution in [2.24, 2.45) is 5.73 Å². The Labute approximate surface area is 221 Å². The van der Waals surface area contributed by atoms with Gasteiger partial charge in [0.1, 0.15) is 24.8 Å². The van der Waals surface area contributed by atoms with E-state index < -0.39 is 23.4 Å². The Hall–Kier alpha value is -1.70. The van der Waals surface area contributed by atoms with Crippen molar-refractivity contribution < 1.29 is 38.0 Å². The quantitative estimate of drug-likeness (QED) is 0.324. The molecule has 12 heteroatoms. The Morgan fingerprint density at radius 1 is 0.757 bits per heavy atom. The summed E-state index contributed by atoms with van der Waals surface area (Å²) in [5.74, 6) is 0.